The Labute approximate surface area is 159 Å². The van der Waals surface area contributed by atoms with E-state index < -0.39 is 11.0 Å². The topological polar surface area (TPSA) is 51.2 Å². The van der Waals surface area contributed by atoms with E-state index in [0.29, 0.717) is 12.5 Å². The number of nitrogens with one attached hydrogen (secondary N) is 1. The quantitative estimate of drug-likeness (QED) is 0.680. The normalized spacial score (nSPS) is 15.3. The molecule has 5 heteroatoms. The minimum absolute atomic E-state index is 0.0559. The summed E-state index contributed by atoms with van der Waals surface area (Å²) in [7, 11) is -1.24. The Hall–Kier alpha value is -1.98. The Balaban J connectivity index is 1.97. The highest BCUT2D eigenvalue weighted by molar-refractivity contribution is 7.87. The molecule has 2 rings (SSSR count). The highest BCUT2D eigenvalue weighted by atomic mass is 32.2. The molecule has 0 saturated heterocycles. The Morgan fingerprint density at radius 1 is 1.23 bits per heavy atom. The van der Waals surface area contributed by atoms with Gasteiger partial charge in [0.05, 0.1) is 11.6 Å². The molecule has 0 saturated carbocycles. The van der Waals surface area contributed by atoms with Gasteiger partial charge in [-0.2, -0.15) is 0 Å². The van der Waals surface area contributed by atoms with Gasteiger partial charge in [-0.15, -0.1) is 0 Å². The van der Waals surface area contributed by atoms with Gasteiger partial charge in [-0.25, -0.2) is 8.93 Å². The molecule has 0 aliphatic carbocycles. The number of fused-ring (bicyclic) bond motifs is 1. The van der Waals surface area contributed by atoms with Crippen molar-refractivity contribution in [2.45, 2.75) is 40.7 Å². The fraction of sp³-hybridized carbons (Fsp3) is 0.381. The predicted molar refractivity (Wildman–Crippen MR) is 110 cm³/mol. The van der Waals surface area contributed by atoms with Crippen LogP contribution in [0.2, 0.25) is 0 Å². The molecular weight excluding hydrogens is 344 g/mol. The van der Waals surface area contributed by atoms with Crippen LogP contribution in [0.3, 0.4) is 0 Å². The molecule has 0 aliphatic rings. The maximum absolute atomic E-state index is 12.5. The fourth-order valence-corrected chi connectivity index (χ4v) is 3.29. The lowest BCUT2D eigenvalue weighted by Crippen LogP contribution is -2.33. The van der Waals surface area contributed by atoms with E-state index >= 15 is 0 Å². The van der Waals surface area contributed by atoms with Crippen molar-refractivity contribution in [2.24, 2.45) is 5.92 Å². The lowest BCUT2D eigenvalue weighted by Gasteiger charge is -2.16. The van der Waals surface area contributed by atoms with Gasteiger partial charge >= 0.3 is 0 Å². The number of rotatable bonds is 8. The Bertz CT molecular complexity index is 822. The molecule has 0 amide bonds. The van der Waals surface area contributed by atoms with E-state index in [1.54, 1.807) is 6.20 Å². The van der Waals surface area contributed by atoms with Crippen LogP contribution in [0.15, 0.2) is 59.2 Å². The molecule has 1 aromatic heterocycles. The van der Waals surface area contributed by atoms with Crippen LogP contribution in [0.4, 0.5) is 0 Å². The van der Waals surface area contributed by atoms with Gasteiger partial charge in [0.1, 0.15) is 23.3 Å². The van der Waals surface area contributed by atoms with Gasteiger partial charge in [-0.1, -0.05) is 32.1 Å². The minimum atomic E-state index is -1.24. The van der Waals surface area contributed by atoms with Gasteiger partial charge in [-0.3, -0.25) is 4.98 Å². The largest absolute Gasteiger partial charge is 0.491 e. The molecular formula is C21H28N2O2S. The minimum Gasteiger partial charge on any atom is -0.491 e. The number of hydrogen-bond donors (Lipinski definition) is 1. The fourth-order valence-electron chi connectivity index (χ4n) is 2.32. The lowest BCUT2D eigenvalue weighted by molar-refractivity contribution is 0.292. The summed E-state index contributed by atoms with van der Waals surface area (Å²) in [6.45, 7) is 10.5. The van der Waals surface area contributed by atoms with Crippen LogP contribution in [0.5, 0.6) is 5.75 Å². The van der Waals surface area contributed by atoms with Crippen LogP contribution in [0.1, 0.15) is 34.6 Å². The number of nitrogens with zero attached hydrogens (tertiary/aromatic N) is 1. The first kappa shape index (κ1) is 20.3. The van der Waals surface area contributed by atoms with Crippen LogP contribution in [-0.4, -0.2) is 21.8 Å². The van der Waals surface area contributed by atoms with Gasteiger partial charge in [0.2, 0.25) is 0 Å². The van der Waals surface area contributed by atoms with Crippen molar-refractivity contribution in [3.05, 3.63) is 59.2 Å². The maximum atomic E-state index is 12.5. The number of allylic oxidation sites excluding steroid dienone is 4. The van der Waals surface area contributed by atoms with Gasteiger partial charge in [-0.05, 0) is 56.5 Å². The zero-order valence-corrected chi connectivity index (χ0v) is 17.0. The first-order chi connectivity index (χ1) is 12.4. The Kier molecular flexibility index (Phi) is 7.54. The summed E-state index contributed by atoms with van der Waals surface area (Å²) in [6, 6.07) is 9.65. The standard InChI is InChI=1S/C21H28N2O2S/c1-15(2)11-12-16(3)18(5)26(24)23-17(4)14-25-21-10-6-9-20-19(21)8-7-13-22-20/h6-13,15,17,23H,14H2,1-5H3/b12-11-,18-16+. The first-order valence-corrected chi connectivity index (χ1v) is 10.0. The van der Waals surface area contributed by atoms with Crippen molar-refractivity contribution in [3.63, 3.8) is 0 Å². The van der Waals surface area contributed by atoms with E-state index in [0.717, 1.165) is 27.1 Å². The summed E-state index contributed by atoms with van der Waals surface area (Å²) >= 11 is 0. The van der Waals surface area contributed by atoms with Crippen LogP contribution < -0.4 is 9.46 Å². The molecule has 2 aromatic rings. The molecule has 26 heavy (non-hydrogen) atoms. The van der Waals surface area contributed by atoms with E-state index in [4.69, 9.17) is 4.74 Å². The molecule has 1 N–H and O–H groups in total. The van der Waals surface area contributed by atoms with Gasteiger partial charge in [0.15, 0.2) is 0 Å². The Morgan fingerprint density at radius 3 is 2.73 bits per heavy atom. The summed E-state index contributed by atoms with van der Waals surface area (Å²) in [5, 5.41) is 0.981. The van der Waals surface area contributed by atoms with Gasteiger partial charge in [0, 0.05) is 16.5 Å². The summed E-state index contributed by atoms with van der Waals surface area (Å²) < 4.78 is 21.5. The second kappa shape index (κ2) is 9.64. The van der Waals surface area contributed by atoms with E-state index in [1.165, 1.54) is 0 Å². The van der Waals surface area contributed by atoms with Crippen molar-refractivity contribution in [3.8, 4) is 5.75 Å². The van der Waals surface area contributed by atoms with Crippen LogP contribution >= 0.6 is 0 Å². The zero-order valence-electron chi connectivity index (χ0n) is 16.2. The maximum Gasteiger partial charge on any atom is 0.128 e. The van der Waals surface area contributed by atoms with E-state index in [-0.39, 0.29) is 6.04 Å². The lowest BCUT2D eigenvalue weighted by atomic mass is 10.1. The summed E-state index contributed by atoms with van der Waals surface area (Å²) in [5.41, 5.74) is 1.93. The zero-order chi connectivity index (χ0) is 19.1. The van der Waals surface area contributed by atoms with Crippen LogP contribution in [0.25, 0.3) is 10.9 Å². The molecule has 2 unspecified atom stereocenters. The molecule has 1 heterocycles. The molecule has 0 bridgehead atoms. The molecule has 0 fully saturated rings. The number of aromatic nitrogens is 1. The monoisotopic (exact) mass is 372 g/mol. The highest BCUT2D eigenvalue weighted by Gasteiger charge is 2.11. The summed E-state index contributed by atoms with van der Waals surface area (Å²) in [6.07, 6.45) is 5.91. The average Bonchev–Trinajstić information content (AvgIpc) is 2.63. The van der Waals surface area contributed by atoms with E-state index in [2.05, 4.69) is 29.6 Å². The molecule has 1 aromatic carbocycles. The van der Waals surface area contributed by atoms with E-state index in [9.17, 15) is 4.21 Å². The predicted octanol–water partition coefficient (Wildman–Crippen LogP) is 4.76. The second-order valence-electron chi connectivity index (χ2n) is 6.77. The van der Waals surface area contributed by atoms with Gasteiger partial charge in [0.25, 0.3) is 0 Å². The third kappa shape index (κ3) is 5.78. The number of benzene rings is 1. The van der Waals surface area contributed by atoms with Crippen LogP contribution in [0, 0.1) is 5.92 Å². The third-order valence-corrected chi connectivity index (χ3v) is 5.46. The molecule has 2 atom stereocenters. The first-order valence-electron chi connectivity index (χ1n) is 8.88. The molecule has 140 valence electrons. The summed E-state index contributed by atoms with van der Waals surface area (Å²) in [4.78, 5) is 5.17. The SMILES string of the molecule is CC(/C=C\C(C)C)=C(/C)S(=O)NC(C)COc1cccc2ncccc12. The third-order valence-electron chi connectivity index (χ3n) is 3.97. The van der Waals surface area contributed by atoms with Crippen molar-refractivity contribution in [1.29, 1.82) is 0 Å². The molecule has 0 aliphatic heterocycles. The molecule has 4 nitrogen and oxygen atoms in total. The molecule has 0 radical (unpaired) electrons. The van der Waals surface area contributed by atoms with E-state index in [1.807, 2.05) is 57.2 Å². The van der Waals surface area contributed by atoms with Gasteiger partial charge < -0.3 is 4.74 Å². The highest BCUT2D eigenvalue weighted by Crippen LogP contribution is 2.23. The molecule has 0 spiro atoms. The van der Waals surface area contributed by atoms with Crippen molar-refractivity contribution >= 4 is 21.9 Å². The number of ether oxygens (including phenoxy) is 1. The van der Waals surface area contributed by atoms with Crippen molar-refractivity contribution in [2.75, 3.05) is 6.61 Å². The average molecular weight is 373 g/mol. The second-order valence-corrected chi connectivity index (χ2v) is 8.15. The Morgan fingerprint density at radius 2 is 2.00 bits per heavy atom. The van der Waals surface area contributed by atoms with Crippen molar-refractivity contribution in [1.82, 2.24) is 9.71 Å². The van der Waals surface area contributed by atoms with Crippen LogP contribution in [-0.2, 0) is 11.0 Å². The summed E-state index contributed by atoms with van der Waals surface area (Å²) in [5.74, 6) is 1.26. The number of hydrogen-bond acceptors (Lipinski definition) is 3. The smallest absolute Gasteiger partial charge is 0.128 e. The number of pyridine rings is 1. The van der Waals surface area contributed by atoms with Crippen molar-refractivity contribution < 1.29 is 8.95 Å².